The zero-order valence-corrected chi connectivity index (χ0v) is 7.97. The first-order valence-electron chi connectivity index (χ1n) is 4.61. The predicted octanol–water partition coefficient (Wildman–Crippen LogP) is 1.26. The molecule has 1 saturated heterocycles. The molecular weight excluding hydrogens is 138 g/mol. The number of rotatable bonds is 2. The molecule has 66 valence electrons. The van der Waals surface area contributed by atoms with Gasteiger partial charge in [0.25, 0.3) is 0 Å². The summed E-state index contributed by atoms with van der Waals surface area (Å²) >= 11 is 0. The van der Waals surface area contributed by atoms with Crippen LogP contribution in [-0.2, 0) is 4.74 Å². The van der Waals surface area contributed by atoms with E-state index in [9.17, 15) is 0 Å². The van der Waals surface area contributed by atoms with Crippen molar-refractivity contribution >= 4 is 0 Å². The van der Waals surface area contributed by atoms with E-state index in [4.69, 9.17) is 4.74 Å². The Labute approximate surface area is 69.7 Å². The van der Waals surface area contributed by atoms with E-state index in [1.54, 1.807) is 0 Å². The highest BCUT2D eigenvalue weighted by Crippen LogP contribution is 2.15. The first-order valence-corrected chi connectivity index (χ1v) is 4.61. The zero-order valence-electron chi connectivity index (χ0n) is 7.97. The second-order valence-corrected chi connectivity index (χ2v) is 3.85. The second kappa shape index (κ2) is 3.55. The van der Waals surface area contributed by atoms with Gasteiger partial charge in [0.15, 0.2) is 0 Å². The molecule has 0 saturated carbocycles. The molecule has 0 aromatic rings. The van der Waals surface area contributed by atoms with E-state index in [0.29, 0.717) is 6.04 Å². The molecule has 1 heterocycles. The number of likely N-dealkylation sites (N-methyl/N-ethyl adjacent to an activating group) is 1. The summed E-state index contributed by atoms with van der Waals surface area (Å²) in [5.74, 6) is 0. The van der Waals surface area contributed by atoms with Crippen LogP contribution in [-0.4, -0.2) is 43.9 Å². The Balaban J connectivity index is 2.49. The lowest BCUT2D eigenvalue weighted by Gasteiger charge is -2.42. The topological polar surface area (TPSA) is 9.23 Å². The Morgan fingerprint density at radius 3 is 2.82 bits per heavy atom. The molecule has 11 heavy (non-hydrogen) atoms. The maximum absolute atomic E-state index is 5.41. The third-order valence-electron chi connectivity index (χ3n) is 2.90. The summed E-state index contributed by atoms with van der Waals surface area (Å²) in [5.41, 5.74) is 0. The summed E-state index contributed by atoms with van der Waals surface area (Å²) in [5, 5.41) is 0. The minimum Gasteiger partial charge on any atom is -0.369 e. The number of quaternary nitrogens is 1. The van der Waals surface area contributed by atoms with Crippen molar-refractivity contribution in [1.82, 2.24) is 0 Å². The molecule has 0 amide bonds. The second-order valence-electron chi connectivity index (χ2n) is 3.85. The van der Waals surface area contributed by atoms with Crippen LogP contribution in [0.15, 0.2) is 0 Å². The Hall–Kier alpha value is -0.0800. The molecule has 2 unspecified atom stereocenters. The lowest BCUT2D eigenvalue weighted by molar-refractivity contribution is -0.939. The summed E-state index contributed by atoms with van der Waals surface area (Å²) in [7, 11) is 2.34. The fourth-order valence-electron chi connectivity index (χ4n) is 1.77. The van der Waals surface area contributed by atoms with Gasteiger partial charge in [-0.1, -0.05) is 6.92 Å². The number of nitrogens with zero attached hydrogens (tertiary/aromatic N) is 1. The lowest BCUT2D eigenvalue weighted by Crippen LogP contribution is -2.58. The van der Waals surface area contributed by atoms with Crippen molar-refractivity contribution in [3.8, 4) is 0 Å². The van der Waals surface area contributed by atoms with Gasteiger partial charge in [-0.2, -0.15) is 0 Å². The third-order valence-corrected chi connectivity index (χ3v) is 2.90. The van der Waals surface area contributed by atoms with E-state index in [1.807, 2.05) is 0 Å². The van der Waals surface area contributed by atoms with Crippen LogP contribution >= 0.6 is 0 Å². The van der Waals surface area contributed by atoms with Crippen LogP contribution < -0.4 is 0 Å². The average Bonchev–Trinajstić information content (AvgIpc) is 1.96. The zero-order chi connectivity index (χ0) is 8.32. The van der Waals surface area contributed by atoms with Gasteiger partial charge in [0, 0.05) is 0 Å². The van der Waals surface area contributed by atoms with Crippen LogP contribution in [0.5, 0.6) is 0 Å². The smallest absolute Gasteiger partial charge is 0.110 e. The van der Waals surface area contributed by atoms with E-state index in [-0.39, 0.29) is 0 Å². The van der Waals surface area contributed by atoms with Gasteiger partial charge in [-0.25, -0.2) is 0 Å². The number of ether oxygens (including phenoxy) is 1. The van der Waals surface area contributed by atoms with E-state index in [0.717, 1.165) is 13.2 Å². The van der Waals surface area contributed by atoms with Crippen molar-refractivity contribution in [3.63, 3.8) is 0 Å². The molecule has 0 aromatic heterocycles. The highest BCUT2D eigenvalue weighted by atomic mass is 16.5. The first-order chi connectivity index (χ1) is 5.19. The van der Waals surface area contributed by atoms with Crippen molar-refractivity contribution in [2.24, 2.45) is 0 Å². The van der Waals surface area contributed by atoms with Gasteiger partial charge >= 0.3 is 0 Å². The Kier molecular flexibility index (Phi) is 2.90. The van der Waals surface area contributed by atoms with Crippen LogP contribution in [0.4, 0.5) is 0 Å². The van der Waals surface area contributed by atoms with Gasteiger partial charge < -0.3 is 9.22 Å². The van der Waals surface area contributed by atoms with Gasteiger partial charge in [-0.15, -0.1) is 0 Å². The minimum absolute atomic E-state index is 0.684. The minimum atomic E-state index is 0.684. The maximum Gasteiger partial charge on any atom is 0.110 e. The quantitative estimate of drug-likeness (QED) is 0.550. The molecule has 1 aliphatic rings. The molecule has 0 radical (unpaired) electrons. The molecule has 0 spiro atoms. The molecule has 1 aliphatic heterocycles. The average molecular weight is 158 g/mol. The molecule has 0 aromatic carbocycles. The van der Waals surface area contributed by atoms with Crippen molar-refractivity contribution in [2.45, 2.75) is 26.3 Å². The van der Waals surface area contributed by atoms with E-state index < -0.39 is 0 Å². The summed E-state index contributed by atoms with van der Waals surface area (Å²) in [6.07, 6.45) is 1.28. The van der Waals surface area contributed by atoms with E-state index >= 15 is 0 Å². The molecular formula is C9H20NO+. The van der Waals surface area contributed by atoms with Gasteiger partial charge in [-0.05, 0) is 13.3 Å². The Morgan fingerprint density at radius 1 is 1.55 bits per heavy atom. The van der Waals surface area contributed by atoms with Gasteiger partial charge in [-0.3, -0.25) is 0 Å². The van der Waals surface area contributed by atoms with Gasteiger partial charge in [0.1, 0.15) is 12.6 Å². The van der Waals surface area contributed by atoms with Crippen molar-refractivity contribution < 1.29 is 9.22 Å². The first kappa shape index (κ1) is 9.01. The maximum atomic E-state index is 5.41. The fraction of sp³-hybridized carbons (Fsp3) is 1.00. The van der Waals surface area contributed by atoms with Crippen LogP contribution in [0.25, 0.3) is 0 Å². The van der Waals surface area contributed by atoms with Crippen molar-refractivity contribution in [2.75, 3.05) is 33.4 Å². The van der Waals surface area contributed by atoms with Gasteiger partial charge in [0.2, 0.25) is 0 Å². The number of hydrogen-bond acceptors (Lipinski definition) is 1. The van der Waals surface area contributed by atoms with Crippen LogP contribution in [0, 0.1) is 0 Å². The van der Waals surface area contributed by atoms with Crippen LogP contribution in [0.1, 0.15) is 20.3 Å². The van der Waals surface area contributed by atoms with Crippen molar-refractivity contribution in [1.29, 1.82) is 0 Å². The van der Waals surface area contributed by atoms with Gasteiger partial charge in [0.05, 0.1) is 26.8 Å². The fourth-order valence-corrected chi connectivity index (χ4v) is 1.77. The largest absolute Gasteiger partial charge is 0.369 e. The molecule has 0 aliphatic carbocycles. The van der Waals surface area contributed by atoms with Crippen LogP contribution in [0.3, 0.4) is 0 Å². The standard InChI is InChI=1S/C9H20NO/c1-4-5-10(3)6-7-11-8-9(10)2/h9H,4-8H2,1-3H3/q+1. The summed E-state index contributed by atoms with van der Waals surface area (Å²) in [6, 6.07) is 0.684. The molecule has 2 atom stereocenters. The summed E-state index contributed by atoms with van der Waals surface area (Å²) < 4.78 is 6.61. The van der Waals surface area contributed by atoms with Crippen LogP contribution in [0.2, 0.25) is 0 Å². The summed E-state index contributed by atoms with van der Waals surface area (Å²) in [6.45, 7) is 8.91. The Bertz CT molecular complexity index is 123. The predicted molar refractivity (Wildman–Crippen MR) is 46.5 cm³/mol. The third kappa shape index (κ3) is 1.94. The van der Waals surface area contributed by atoms with E-state index in [2.05, 4.69) is 20.9 Å². The lowest BCUT2D eigenvalue weighted by atomic mass is 10.2. The Morgan fingerprint density at radius 2 is 2.27 bits per heavy atom. The molecule has 1 rings (SSSR count). The molecule has 2 nitrogen and oxygen atoms in total. The molecule has 1 fully saturated rings. The summed E-state index contributed by atoms with van der Waals surface area (Å²) in [4.78, 5) is 0. The molecule has 0 bridgehead atoms. The molecule has 0 N–H and O–H groups in total. The molecule has 2 heteroatoms. The van der Waals surface area contributed by atoms with E-state index in [1.165, 1.54) is 24.0 Å². The SMILES string of the molecule is CCC[N+]1(C)CCOCC1C. The number of morpholine rings is 1. The normalized spacial score (nSPS) is 39.0. The monoisotopic (exact) mass is 158 g/mol. The van der Waals surface area contributed by atoms with Crippen molar-refractivity contribution in [3.05, 3.63) is 0 Å². The number of hydrogen-bond donors (Lipinski definition) is 0. The highest BCUT2D eigenvalue weighted by molar-refractivity contribution is 4.56. The highest BCUT2D eigenvalue weighted by Gasteiger charge is 2.31.